The average molecular weight is 391 g/mol. The quantitative estimate of drug-likeness (QED) is 0.280. The summed E-state index contributed by atoms with van der Waals surface area (Å²) in [4.78, 5) is 28.5. The molecule has 0 aliphatic heterocycles. The normalized spacial score (nSPS) is 15.2. The molecule has 0 aromatic heterocycles. The van der Waals surface area contributed by atoms with Crippen molar-refractivity contribution < 1.29 is 23.7 Å². The predicted octanol–water partition coefficient (Wildman–Crippen LogP) is 6.01. The summed E-state index contributed by atoms with van der Waals surface area (Å²) in [6.45, 7) is 11.0. The smallest absolute Gasteiger partial charge is 0.367 e. The van der Waals surface area contributed by atoms with E-state index in [1.807, 2.05) is 0 Å². The van der Waals surface area contributed by atoms with Crippen LogP contribution in [0.25, 0.3) is 0 Å². The van der Waals surface area contributed by atoms with Crippen LogP contribution in [0.1, 0.15) is 92.4 Å². The molecule has 0 amide bonds. The molecule has 2 N–H and O–H groups in total. The highest BCUT2D eigenvalue weighted by molar-refractivity contribution is 7.46. The molecule has 26 heavy (non-hydrogen) atoms. The second-order valence-corrected chi connectivity index (χ2v) is 9.41. The van der Waals surface area contributed by atoms with E-state index < -0.39 is 13.8 Å². The number of hydrogen-bond donors (Lipinski definition) is 2. The van der Waals surface area contributed by atoms with Gasteiger partial charge in [0.1, 0.15) is 0 Å². The van der Waals surface area contributed by atoms with E-state index in [0.29, 0.717) is 5.92 Å². The highest BCUT2D eigenvalue weighted by atomic mass is 31.2. The molecule has 0 saturated carbocycles. The van der Waals surface area contributed by atoms with Gasteiger partial charge in [0.05, 0.1) is 0 Å². The zero-order valence-corrected chi connectivity index (χ0v) is 18.1. The van der Waals surface area contributed by atoms with E-state index in [1.54, 1.807) is 6.92 Å². The Morgan fingerprint density at radius 1 is 0.923 bits per heavy atom. The molecule has 0 fully saturated rings. The molecule has 0 saturated heterocycles. The Morgan fingerprint density at radius 2 is 1.38 bits per heavy atom. The van der Waals surface area contributed by atoms with Gasteiger partial charge in [-0.3, -0.25) is 9.79 Å². The van der Waals surface area contributed by atoms with Crippen molar-refractivity contribution in [3.05, 3.63) is 11.6 Å². The number of allylic oxidation sites excluding steroid dienone is 1. The van der Waals surface area contributed by atoms with Gasteiger partial charge < -0.3 is 4.52 Å². The first-order valence-corrected chi connectivity index (χ1v) is 11.5. The first-order chi connectivity index (χ1) is 12.0. The van der Waals surface area contributed by atoms with Gasteiger partial charge in [-0.1, -0.05) is 78.2 Å². The summed E-state index contributed by atoms with van der Waals surface area (Å²) in [7, 11) is -4.75. The lowest BCUT2D eigenvalue weighted by Crippen LogP contribution is -2.01. The summed E-state index contributed by atoms with van der Waals surface area (Å²) in [6.07, 6.45) is 11.8. The number of carbonyl (C=O) groups excluding carboxylic acids is 1. The number of rotatable bonds is 14. The van der Waals surface area contributed by atoms with Gasteiger partial charge in [0.25, 0.3) is 0 Å². The Morgan fingerprint density at radius 3 is 1.85 bits per heavy atom. The van der Waals surface area contributed by atoms with Crippen LogP contribution in [0, 0.1) is 17.8 Å². The fourth-order valence-corrected chi connectivity index (χ4v) is 3.41. The number of carbonyl (C=O) groups is 1. The van der Waals surface area contributed by atoms with Crippen molar-refractivity contribution in [3.63, 3.8) is 0 Å². The standard InChI is InChI=1S/C20H39O5P/c1-16(2)9-6-10-17(3)11-7-12-18(4)13-8-14-19(5)15-20(21)25-26(22,23)24/h15-18H,6-14H2,1-5H3,(H2,22,23,24)/b19-15+/t17-,18-/m1/s1. The molecular formula is C20H39O5P. The molecule has 2 atom stereocenters. The molecule has 0 aromatic carbocycles. The van der Waals surface area contributed by atoms with E-state index in [9.17, 15) is 9.36 Å². The van der Waals surface area contributed by atoms with E-state index in [-0.39, 0.29) is 0 Å². The highest BCUT2D eigenvalue weighted by Gasteiger charge is 2.18. The van der Waals surface area contributed by atoms with Crippen molar-refractivity contribution >= 4 is 13.8 Å². The van der Waals surface area contributed by atoms with E-state index in [0.717, 1.165) is 36.7 Å². The number of hydrogen-bond acceptors (Lipinski definition) is 3. The van der Waals surface area contributed by atoms with Crippen molar-refractivity contribution in [3.8, 4) is 0 Å². The van der Waals surface area contributed by atoms with Crippen LogP contribution in [0.4, 0.5) is 0 Å². The maximum atomic E-state index is 11.3. The molecular weight excluding hydrogens is 351 g/mol. The summed E-state index contributed by atoms with van der Waals surface area (Å²) in [5.74, 6) is 1.30. The van der Waals surface area contributed by atoms with Gasteiger partial charge in [0.15, 0.2) is 0 Å². The second kappa shape index (κ2) is 13.5. The molecule has 0 aromatic rings. The zero-order chi connectivity index (χ0) is 20.2. The lowest BCUT2D eigenvalue weighted by atomic mass is 9.91. The first-order valence-electron chi connectivity index (χ1n) is 9.95. The minimum absolute atomic E-state index is 0.660. The van der Waals surface area contributed by atoms with E-state index in [2.05, 4.69) is 32.2 Å². The Labute approximate surface area is 159 Å². The predicted molar refractivity (Wildman–Crippen MR) is 107 cm³/mol. The zero-order valence-electron chi connectivity index (χ0n) is 17.2. The van der Waals surface area contributed by atoms with Crippen LogP contribution in [-0.4, -0.2) is 15.8 Å². The maximum absolute atomic E-state index is 11.3. The molecule has 0 aliphatic rings. The fraction of sp³-hybridized carbons (Fsp3) is 0.850. The van der Waals surface area contributed by atoms with Gasteiger partial charge in [-0.25, -0.2) is 9.36 Å². The molecule has 0 spiro atoms. The molecule has 0 radical (unpaired) electrons. The van der Waals surface area contributed by atoms with E-state index in [4.69, 9.17) is 9.79 Å². The highest BCUT2D eigenvalue weighted by Crippen LogP contribution is 2.36. The maximum Gasteiger partial charge on any atom is 0.527 e. The number of phosphoric acid groups is 1. The third-order valence-corrected chi connectivity index (χ3v) is 5.13. The molecule has 5 nitrogen and oxygen atoms in total. The molecule has 0 bridgehead atoms. The fourth-order valence-electron chi connectivity index (χ4n) is 3.12. The van der Waals surface area contributed by atoms with E-state index >= 15 is 0 Å². The summed E-state index contributed by atoms with van der Waals surface area (Å²) in [5.41, 5.74) is 0.787. The van der Waals surface area contributed by atoms with Crippen LogP contribution in [0.15, 0.2) is 11.6 Å². The van der Waals surface area contributed by atoms with Crippen molar-refractivity contribution in [1.82, 2.24) is 0 Å². The van der Waals surface area contributed by atoms with Crippen LogP contribution in [0.3, 0.4) is 0 Å². The number of phosphoric ester groups is 1. The first kappa shape index (κ1) is 25.4. The third-order valence-electron chi connectivity index (χ3n) is 4.71. The summed E-state index contributed by atoms with van der Waals surface area (Å²) in [6, 6.07) is 0. The van der Waals surface area contributed by atoms with Crippen LogP contribution in [-0.2, 0) is 13.9 Å². The van der Waals surface area contributed by atoms with Gasteiger partial charge in [0, 0.05) is 6.08 Å². The lowest BCUT2D eigenvalue weighted by molar-refractivity contribution is -0.130. The van der Waals surface area contributed by atoms with Crippen LogP contribution in [0.2, 0.25) is 0 Å². The third kappa shape index (κ3) is 16.8. The molecule has 0 rings (SSSR count). The average Bonchev–Trinajstić information content (AvgIpc) is 2.44. The minimum atomic E-state index is -4.75. The monoisotopic (exact) mass is 390 g/mol. The van der Waals surface area contributed by atoms with Gasteiger partial charge in [-0.2, -0.15) is 0 Å². The molecule has 0 aliphatic carbocycles. The second-order valence-electron chi connectivity index (χ2n) is 8.25. The van der Waals surface area contributed by atoms with Gasteiger partial charge >= 0.3 is 13.8 Å². The molecule has 6 heteroatoms. The SMILES string of the molecule is C/C(=C\C(=O)OP(=O)(O)O)CCC[C@H](C)CCC[C@H](C)CCCC(C)C. The van der Waals surface area contributed by atoms with Crippen molar-refractivity contribution in [2.45, 2.75) is 92.4 Å². The lowest BCUT2D eigenvalue weighted by Gasteiger charge is -2.15. The van der Waals surface area contributed by atoms with Crippen LogP contribution < -0.4 is 0 Å². The topological polar surface area (TPSA) is 83.8 Å². The Balaban J connectivity index is 3.83. The van der Waals surface area contributed by atoms with E-state index in [1.165, 1.54) is 44.6 Å². The molecule has 154 valence electrons. The summed E-state index contributed by atoms with van der Waals surface area (Å²) < 4.78 is 14.6. The largest absolute Gasteiger partial charge is 0.527 e. The van der Waals surface area contributed by atoms with Crippen molar-refractivity contribution in [1.29, 1.82) is 0 Å². The van der Waals surface area contributed by atoms with Crippen molar-refractivity contribution in [2.75, 3.05) is 0 Å². The van der Waals surface area contributed by atoms with Crippen LogP contribution in [0.5, 0.6) is 0 Å². The summed E-state index contributed by atoms with van der Waals surface area (Å²) in [5, 5.41) is 0. The minimum Gasteiger partial charge on any atom is -0.367 e. The van der Waals surface area contributed by atoms with Gasteiger partial charge in [-0.15, -0.1) is 0 Å². The van der Waals surface area contributed by atoms with Gasteiger partial charge in [-0.05, 0) is 37.5 Å². The molecule has 0 unspecified atom stereocenters. The molecule has 0 heterocycles. The Kier molecular flexibility index (Phi) is 13.2. The Bertz CT molecular complexity index is 467. The van der Waals surface area contributed by atoms with Gasteiger partial charge in [0.2, 0.25) is 0 Å². The summed E-state index contributed by atoms with van der Waals surface area (Å²) >= 11 is 0. The van der Waals surface area contributed by atoms with Crippen LogP contribution >= 0.6 is 7.82 Å². The Hall–Kier alpha value is -0.640. The van der Waals surface area contributed by atoms with Crippen molar-refractivity contribution in [2.24, 2.45) is 17.8 Å².